The number of thiophene rings is 1. The Morgan fingerprint density at radius 3 is 2.61 bits per heavy atom. The number of hydrogen-bond donors (Lipinski definition) is 0. The molecule has 0 saturated carbocycles. The monoisotopic (exact) mass is 502 g/mol. The summed E-state index contributed by atoms with van der Waals surface area (Å²) in [6, 6.07) is 15.1. The highest BCUT2D eigenvalue weighted by Crippen LogP contribution is 2.37. The number of hydrogen-bond acceptors (Lipinski definition) is 4. The molecule has 2 fully saturated rings. The van der Waals surface area contributed by atoms with Crippen LogP contribution in [0, 0.1) is 11.7 Å². The number of likely N-dealkylation sites (tertiary alicyclic amines) is 2. The van der Waals surface area contributed by atoms with Gasteiger partial charge in [-0.15, -0.1) is 0 Å². The van der Waals surface area contributed by atoms with Gasteiger partial charge >= 0.3 is 0 Å². The van der Waals surface area contributed by atoms with Gasteiger partial charge in [0.2, 0.25) is 0 Å². The molecule has 4 heterocycles. The maximum atomic E-state index is 13.7. The van der Waals surface area contributed by atoms with Gasteiger partial charge in [0.15, 0.2) is 0 Å². The molecule has 0 N–H and O–H groups in total. The lowest BCUT2D eigenvalue weighted by atomic mass is 9.87. The minimum Gasteiger partial charge on any atom is -0.338 e. The predicted octanol–water partition coefficient (Wildman–Crippen LogP) is 5.51. The molecule has 0 aliphatic carbocycles. The van der Waals surface area contributed by atoms with Crippen molar-refractivity contribution in [1.82, 2.24) is 19.4 Å². The van der Waals surface area contributed by atoms with Crippen LogP contribution in [0.4, 0.5) is 4.39 Å². The lowest BCUT2D eigenvalue weighted by Gasteiger charge is -2.34. The molecule has 2 unspecified atom stereocenters. The number of aryl methyl sites for hydroxylation is 1. The molecule has 5 nitrogen and oxygen atoms in total. The number of nitrogens with zero attached hydrogens (tertiary/aromatic N) is 4. The maximum absolute atomic E-state index is 13.7. The summed E-state index contributed by atoms with van der Waals surface area (Å²) in [5.41, 5.74) is 5.09. The fourth-order valence-corrected chi connectivity index (χ4v) is 6.88. The third-order valence-corrected chi connectivity index (χ3v) is 8.79. The first-order chi connectivity index (χ1) is 17.6. The van der Waals surface area contributed by atoms with Gasteiger partial charge < -0.3 is 14.4 Å². The van der Waals surface area contributed by atoms with Crippen LogP contribution in [0.15, 0.2) is 65.6 Å². The first-order valence-corrected chi connectivity index (χ1v) is 13.7. The van der Waals surface area contributed by atoms with Crippen molar-refractivity contribution in [2.24, 2.45) is 13.0 Å². The Bertz CT molecular complexity index is 1340. The Balaban J connectivity index is 1.17. The Kier molecular flexibility index (Phi) is 6.36. The maximum Gasteiger partial charge on any atom is 0.256 e. The summed E-state index contributed by atoms with van der Waals surface area (Å²) in [4.78, 5) is 22.8. The Labute approximate surface area is 215 Å². The van der Waals surface area contributed by atoms with Crippen LogP contribution in [-0.2, 0) is 7.05 Å². The first kappa shape index (κ1) is 23.4. The summed E-state index contributed by atoms with van der Waals surface area (Å²) in [6.07, 6.45) is 3.96. The van der Waals surface area contributed by atoms with Gasteiger partial charge in [0.25, 0.3) is 5.91 Å². The largest absolute Gasteiger partial charge is 0.338 e. The quantitative estimate of drug-likeness (QED) is 0.361. The molecule has 0 bridgehead atoms. The topological polar surface area (TPSA) is 41.4 Å². The van der Waals surface area contributed by atoms with E-state index in [4.69, 9.17) is 0 Å². The highest BCUT2D eigenvalue weighted by molar-refractivity contribution is 7.08. The molecule has 2 atom stereocenters. The molecule has 186 valence electrons. The highest BCUT2D eigenvalue weighted by Gasteiger charge is 2.38. The number of carbonyl (C=O) groups excluding carboxylic acids is 1. The zero-order valence-electron chi connectivity index (χ0n) is 20.5. The van der Waals surface area contributed by atoms with Gasteiger partial charge in [-0.2, -0.15) is 11.3 Å². The van der Waals surface area contributed by atoms with Crippen LogP contribution in [0.1, 0.15) is 46.2 Å². The predicted molar refractivity (Wildman–Crippen MR) is 142 cm³/mol. The molecule has 2 aromatic carbocycles. The van der Waals surface area contributed by atoms with Crippen molar-refractivity contribution in [3.63, 3.8) is 0 Å². The number of benzene rings is 2. The number of rotatable bonds is 5. The molecule has 4 aromatic rings. The second-order valence-electron chi connectivity index (χ2n) is 10.3. The van der Waals surface area contributed by atoms with Crippen molar-refractivity contribution in [3.05, 3.63) is 88.1 Å². The lowest BCUT2D eigenvalue weighted by Crippen LogP contribution is -2.38. The Hall–Kier alpha value is -3.03. The number of aromatic nitrogens is 2. The van der Waals surface area contributed by atoms with Crippen LogP contribution >= 0.6 is 11.3 Å². The molecular weight excluding hydrogens is 471 g/mol. The van der Waals surface area contributed by atoms with E-state index in [0.717, 1.165) is 62.2 Å². The van der Waals surface area contributed by atoms with E-state index in [0.29, 0.717) is 17.8 Å². The highest BCUT2D eigenvalue weighted by atomic mass is 32.1. The Morgan fingerprint density at radius 2 is 1.86 bits per heavy atom. The SMILES string of the molecule is Cn1cnc2cccc(C(=O)N3CC(CN4CCC(c5ccc(F)cc5)CC4)C(c4ccsc4)C3)c21. The zero-order valence-corrected chi connectivity index (χ0v) is 21.3. The number of carbonyl (C=O) groups is 1. The fraction of sp³-hybridized carbons (Fsp3) is 0.379. The van der Waals surface area contributed by atoms with Gasteiger partial charge in [-0.1, -0.05) is 18.2 Å². The van der Waals surface area contributed by atoms with E-state index in [9.17, 15) is 9.18 Å². The van der Waals surface area contributed by atoms with Crippen LogP contribution < -0.4 is 0 Å². The first-order valence-electron chi connectivity index (χ1n) is 12.8. The minimum atomic E-state index is -0.171. The number of para-hydroxylation sites is 1. The van der Waals surface area contributed by atoms with Gasteiger partial charge in [0, 0.05) is 32.6 Å². The molecule has 2 aromatic heterocycles. The molecule has 6 rings (SSSR count). The van der Waals surface area contributed by atoms with Crippen molar-refractivity contribution in [1.29, 1.82) is 0 Å². The minimum absolute atomic E-state index is 0.0990. The molecule has 7 heteroatoms. The van der Waals surface area contributed by atoms with E-state index >= 15 is 0 Å². The fourth-order valence-electron chi connectivity index (χ4n) is 6.16. The number of halogens is 1. The average Bonchev–Trinajstić information content (AvgIpc) is 3.65. The van der Waals surface area contributed by atoms with Crippen LogP contribution in [0.2, 0.25) is 0 Å². The summed E-state index contributed by atoms with van der Waals surface area (Å²) < 4.78 is 15.3. The van der Waals surface area contributed by atoms with E-state index in [1.807, 2.05) is 41.9 Å². The Morgan fingerprint density at radius 1 is 1.06 bits per heavy atom. The molecule has 0 spiro atoms. The van der Waals surface area contributed by atoms with Crippen LogP contribution in [0.25, 0.3) is 11.0 Å². The third-order valence-electron chi connectivity index (χ3n) is 8.09. The second-order valence-corrected chi connectivity index (χ2v) is 11.1. The summed E-state index contributed by atoms with van der Waals surface area (Å²) in [5.74, 6) is 1.17. The van der Waals surface area contributed by atoms with Crippen LogP contribution in [0.5, 0.6) is 0 Å². The van der Waals surface area contributed by atoms with E-state index in [1.165, 1.54) is 11.1 Å². The molecule has 1 amide bonds. The molecular formula is C29H31FN4OS. The third kappa shape index (κ3) is 4.46. The summed E-state index contributed by atoms with van der Waals surface area (Å²) >= 11 is 1.73. The van der Waals surface area contributed by atoms with Gasteiger partial charge in [-0.05, 0) is 90.0 Å². The van der Waals surface area contributed by atoms with Gasteiger partial charge in [-0.3, -0.25) is 4.79 Å². The molecule has 2 aliphatic rings. The van der Waals surface area contributed by atoms with Crippen LogP contribution in [0.3, 0.4) is 0 Å². The van der Waals surface area contributed by atoms with E-state index in [1.54, 1.807) is 29.8 Å². The number of imidazole rings is 1. The number of fused-ring (bicyclic) bond motifs is 1. The molecule has 2 saturated heterocycles. The number of amides is 1. The smallest absolute Gasteiger partial charge is 0.256 e. The standard InChI is InChI=1S/C29H31FN4OS/c1-32-19-31-27-4-2-3-25(28(27)32)29(35)34-16-23(26(17-34)22-11-14-36-18-22)15-33-12-9-21(10-13-33)20-5-7-24(30)8-6-20/h2-8,11,14,18-19,21,23,26H,9-10,12-13,15-17H2,1H3. The lowest BCUT2D eigenvalue weighted by molar-refractivity contribution is 0.0783. The summed E-state index contributed by atoms with van der Waals surface area (Å²) in [7, 11) is 1.95. The van der Waals surface area contributed by atoms with Crippen LogP contribution in [-0.4, -0.2) is 58.0 Å². The van der Waals surface area contributed by atoms with Crippen molar-refractivity contribution in [2.75, 3.05) is 32.7 Å². The van der Waals surface area contributed by atoms with Crippen molar-refractivity contribution < 1.29 is 9.18 Å². The van der Waals surface area contributed by atoms with Crippen molar-refractivity contribution in [3.8, 4) is 0 Å². The van der Waals surface area contributed by atoms with Gasteiger partial charge in [-0.25, -0.2) is 9.37 Å². The average molecular weight is 503 g/mol. The molecule has 36 heavy (non-hydrogen) atoms. The summed E-state index contributed by atoms with van der Waals surface area (Å²) in [5, 5.41) is 4.38. The molecule has 2 aliphatic heterocycles. The van der Waals surface area contributed by atoms with Crippen molar-refractivity contribution in [2.45, 2.75) is 24.7 Å². The van der Waals surface area contributed by atoms with E-state index in [2.05, 4.69) is 31.6 Å². The van der Waals surface area contributed by atoms with Gasteiger partial charge in [0.05, 0.1) is 22.9 Å². The normalized spacial score (nSPS) is 21.4. The van der Waals surface area contributed by atoms with Crippen molar-refractivity contribution >= 4 is 28.3 Å². The molecule has 0 radical (unpaired) electrons. The second kappa shape index (κ2) is 9.79. The number of piperidine rings is 1. The zero-order chi connectivity index (χ0) is 24.6. The van der Waals surface area contributed by atoms with Gasteiger partial charge in [0.1, 0.15) is 5.82 Å². The summed E-state index contributed by atoms with van der Waals surface area (Å²) in [6.45, 7) is 4.59. The van der Waals surface area contributed by atoms with E-state index in [-0.39, 0.29) is 11.7 Å². The van der Waals surface area contributed by atoms with E-state index < -0.39 is 0 Å².